The van der Waals surface area contributed by atoms with Gasteiger partial charge in [-0.15, -0.1) is 0 Å². The quantitative estimate of drug-likeness (QED) is 0.122. The van der Waals surface area contributed by atoms with Gasteiger partial charge in [-0.05, 0) is 97.9 Å². The fraction of sp³-hybridized carbons (Fsp3) is 0.389. The molecule has 0 spiro atoms. The number of amides is 1. The third-order valence-corrected chi connectivity index (χ3v) is 7.33. The highest BCUT2D eigenvalue weighted by atomic mass is 19.1. The lowest BCUT2D eigenvalue weighted by Crippen LogP contribution is -2.26. The predicted molar refractivity (Wildman–Crippen MR) is 171 cm³/mol. The Hall–Kier alpha value is -3.73. The van der Waals surface area contributed by atoms with Gasteiger partial charge in [-0.3, -0.25) is 4.79 Å². The van der Waals surface area contributed by atoms with E-state index in [1.165, 1.54) is 11.6 Å². The van der Waals surface area contributed by atoms with Crippen LogP contribution < -0.4 is 5.32 Å². The highest BCUT2D eigenvalue weighted by Crippen LogP contribution is 2.32. The molecule has 0 heterocycles. The number of aryl methyl sites for hydroxylation is 3. The van der Waals surface area contributed by atoms with Gasteiger partial charge in [0.25, 0.3) is 5.91 Å². The maximum atomic E-state index is 14.2. The van der Waals surface area contributed by atoms with Crippen molar-refractivity contribution in [1.82, 2.24) is 5.32 Å². The number of halogens is 1. The molecule has 41 heavy (non-hydrogen) atoms. The summed E-state index contributed by atoms with van der Waals surface area (Å²) in [4.78, 5) is 19.3. The number of carbonyl (C=O) groups is 1. The molecular weight excluding hydrogens is 511 g/mol. The molecule has 1 N–H and O–H groups in total. The van der Waals surface area contributed by atoms with Crippen LogP contribution in [0, 0.1) is 18.7 Å². The van der Waals surface area contributed by atoms with Crippen LogP contribution in [0.4, 0.5) is 4.39 Å². The Morgan fingerprint density at radius 3 is 2.41 bits per heavy atom. The summed E-state index contributed by atoms with van der Waals surface area (Å²) in [6.07, 6.45) is 4.49. The van der Waals surface area contributed by atoms with E-state index in [0.29, 0.717) is 12.2 Å². The van der Waals surface area contributed by atoms with E-state index in [-0.39, 0.29) is 25.6 Å². The van der Waals surface area contributed by atoms with Crippen LogP contribution in [0.1, 0.15) is 88.7 Å². The molecule has 0 aliphatic carbocycles. The number of hydrogen-bond acceptors (Lipinski definition) is 3. The molecule has 220 valence electrons. The first-order chi connectivity index (χ1) is 19.7. The zero-order valence-corrected chi connectivity index (χ0v) is 25.5. The molecule has 5 heteroatoms. The summed E-state index contributed by atoms with van der Waals surface area (Å²) in [7, 11) is 0. The van der Waals surface area contributed by atoms with Crippen molar-refractivity contribution in [3.8, 4) is 0 Å². The molecule has 0 saturated carbocycles. The molecule has 0 aliphatic heterocycles. The van der Waals surface area contributed by atoms with E-state index >= 15 is 0 Å². The van der Waals surface area contributed by atoms with E-state index in [1.54, 1.807) is 13.0 Å². The molecule has 0 fully saturated rings. The van der Waals surface area contributed by atoms with E-state index in [0.717, 1.165) is 71.2 Å². The first-order valence-electron chi connectivity index (χ1n) is 14.9. The number of allylic oxidation sites excluding steroid dienone is 1. The van der Waals surface area contributed by atoms with Gasteiger partial charge in [-0.2, -0.15) is 0 Å². The number of hydrogen-bond donors (Lipinski definition) is 1. The van der Waals surface area contributed by atoms with Crippen LogP contribution in [-0.2, 0) is 29.0 Å². The molecule has 3 aromatic rings. The van der Waals surface area contributed by atoms with Crippen LogP contribution in [0.15, 0.2) is 77.5 Å². The van der Waals surface area contributed by atoms with Gasteiger partial charge >= 0.3 is 0 Å². The van der Waals surface area contributed by atoms with E-state index in [4.69, 9.17) is 4.84 Å². The van der Waals surface area contributed by atoms with E-state index in [1.807, 2.05) is 32.0 Å². The van der Waals surface area contributed by atoms with Crippen molar-refractivity contribution in [3.05, 3.63) is 112 Å². The van der Waals surface area contributed by atoms with Gasteiger partial charge in [0.2, 0.25) is 0 Å². The molecule has 0 bridgehead atoms. The largest absolute Gasteiger partial charge is 0.396 e. The van der Waals surface area contributed by atoms with Crippen molar-refractivity contribution >= 4 is 17.2 Å². The number of rotatable bonds is 14. The Morgan fingerprint density at radius 1 is 1.00 bits per heavy atom. The van der Waals surface area contributed by atoms with Crippen LogP contribution in [0.3, 0.4) is 0 Å². The molecule has 0 aliphatic rings. The Kier molecular flexibility index (Phi) is 12.3. The third kappa shape index (κ3) is 9.14. The van der Waals surface area contributed by atoms with Gasteiger partial charge in [-0.1, -0.05) is 92.5 Å². The highest BCUT2D eigenvalue weighted by Gasteiger charge is 2.22. The van der Waals surface area contributed by atoms with Crippen LogP contribution in [-0.4, -0.2) is 18.2 Å². The maximum absolute atomic E-state index is 14.2. The summed E-state index contributed by atoms with van der Waals surface area (Å²) >= 11 is 0. The summed E-state index contributed by atoms with van der Waals surface area (Å²) in [5, 5.41) is 7.36. The number of benzene rings is 3. The topological polar surface area (TPSA) is 50.7 Å². The second-order valence-electron chi connectivity index (χ2n) is 10.9. The van der Waals surface area contributed by atoms with Crippen LogP contribution in [0.5, 0.6) is 0 Å². The first-order valence-corrected chi connectivity index (χ1v) is 14.9. The monoisotopic (exact) mass is 558 g/mol. The lowest BCUT2D eigenvalue weighted by atomic mass is 9.85. The van der Waals surface area contributed by atoms with Gasteiger partial charge < -0.3 is 10.2 Å². The smallest absolute Gasteiger partial charge is 0.252 e. The average molecular weight is 559 g/mol. The second-order valence-corrected chi connectivity index (χ2v) is 10.9. The molecule has 4 nitrogen and oxygen atoms in total. The first kappa shape index (κ1) is 31.8. The number of carbonyl (C=O) groups excluding carboxylic acids is 1. The van der Waals surface area contributed by atoms with Crippen molar-refractivity contribution in [3.63, 3.8) is 0 Å². The Bertz CT molecular complexity index is 1370. The van der Waals surface area contributed by atoms with Gasteiger partial charge in [0.05, 0.1) is 5.71 Å². The average Bonchev–Trinajstić information content (AvgIpc) is 2.97. The SMILES string of the molecule is CCC/C(=C(/C(=O)NCc1ccc(C)c(F)c1)c1ccc(/C(C)=N/OCC)cc1CCCc1ccccc1)C(C)C.[HH]. The van der Waals surface area contributed by atoms with E-state index in [9.17, 15) is 9.18 Å². The molecule has 0 unspecified atom stereocenters. The lowest BCUT2D eigenvalue weighted by molar-refractivity contribution is -0.115. The third-order valence-electron chi connectivity index (χ3n) is 7.33. The Labute approximate surface area is 247 Å². The fourth-order valence-electron chi connectivity index (χ4n) is 5.04. The van der Waals surface area contributed by atoms with Crippen LogP contribution >= 0.6 is 0 Å². The van der Waals surface area contributed by atoms with E-state index < -0.39 is 0 Å². The molecule has 0 saturated heterocycles. The van der Waals surface area contributed by atoms with Crippen molar-refractivity contribution in [1.29, 1.82) is 0 Å². The minimum Gasteiger partial charge on any atom is -0.396 e. The standard InChI is InChI=1S/C36H45FN2O2.H2/c1-7-13-32(25(3)4)35(36(40)38-24-29-19-18-26(5)34(37)22-29)33-21-20-30(27(6)39-41-8-2)23-31(33)17-12-16-28-14-10-9-11-15-28;/h9-11,14-15,18-23,25H,7-8,12-13,16-17,24H2,1-6H3,(H,38,40);1H/b35-32-,39-27+;. The molecule has 3 aromatic carbocycles. The van der Waals surface area contributed by atoms with Crippen LogP contribution in [0.2, 0.25) is 0 Å². The molecule has 0 atom stereocenters. The normalized spacial score (nSPS) is 12.3. The Balaban J connectivity index is 0.00000616. The van der Waals surface area contributed by atoms with Crippen molar-refractivity contribution in [2.75, 3.05) is 6.61 Å². The van der Waals surface area contributed by atoms with Crippen molar-refractivity contribution < 1.29 is 15.4 Å². The molecule has 1 amide bonds. The molecule has 3 rings (SSSR count). The van der Waals surface area contributed by atoms with Gasteiger partial charge in [-0.25, -0.2) is 4.39 Å². The number of nitrogens with one attached hydrogen (secondary N) is 1. The van der Waals surface area contributed by atoms with Gasteiger partial charge in [0.15, 0.2) is 0 Å². The number of nitrogens with zero attached hydrogens (tertiary/aromatic N) is 1. The zero-order valence-electron chi connectivity index (χ0n) is 25.5. The zero-order chi connectivity index (χ0) is 29.8. The van der Waals surface area contributed by atoms with Gasteiger partial charge in [0, 0.05) is 13.5 Å². The summed E-state index contributed by atoms with van der Waals surface area (Å²) in [6, 6.07) is 21.8. The number of oxime groups is 1. The fourth-order valence-corrected chi connectivity index (χ4v) is 5.04. The Morgan fingerprint density at radius 2 is 1.76 bits per heavy atom. The summed E-state index contributed by atoms with van der Waals surface area (Å²) in [5.74, 6) is -0.188. The molecule has 0 aromatic heterocycles. The van der Waals surface area contributed by atoms with Crippen molar-refractivity contribution in [2.24, 2.45) is 11.1 Å². The minimum absolute atomic E-state index is 0. The highest BCUT2D eigenvalue weighted by molar-refractivity contribution is 6.21. The minimum atomic E-state index is -0.262. The molecule has 0 radical (unpaired) electrons. The summed E-state index contributed by atoms with van der Waals surface area (Å²) in [6.45, 7) is 12.8. The maximum Gasteiger partial charge on any atom is 0.252 e. The van der Waals surface area contributed by atoms with Crippen molar-refractivity contribution in [2.45, 2.75) is 80.2 Å². The lowest BCUT2D eigenvalue weighted by Gasteiger charge is -2.21. The van der Waals surface area contributed by atoms with E-state index in [2.05, 4.69) is 67.6 Å². The predicted octanol–water partition coefficient (Wildman–Crippen LogP) is 8.84. The summed E-state index contributed by atoms with van der Waals surface area (Å²) < 4.78 is 14.2. The molecular formula is C36H47FN2O2. The summed E-state index contributed by atoms with van der Waals surface area (Å²) in [5.41, 5.74) is 8.35. The van der Waals surface area contributed by atoms with Gasteiger partial charge in [0.1, 0.15) is 12.4 Å². The second kappa shape index (κ2) is 15.9. The van der Waals surface area contributed by atoms with Crippen LogP contribution in [0.25, 0.3) is 5.57 Å².